The molecule has 2 saturated heterocycles. The van der Waals surface area contributed by atoms with Crippen molar-refractivity contribution >= 4 is 23.1 Å². The molecule has 1 aromatic heterocycles. The van der Waals surface area contributed by atoms with E-state index in [-0.39, 0.29) is 23.9 Å². The number of alkyl halides is 3. The van der Waals surface area contributed by atoms with Crippen molar-refractivity contribution in [2.75, 3.05) is 55.1 Å². The standard InChI is InChI=1S/C26H27F5N6O/c1-35-9-5-10-36(12-11-35)23-20(27)14-18(15-21(23)28)33-25-32-16-19(26(29,30)31)24(34-25)37-22(8-13-38-37)17-6-3-2-4-7-17/h2-4,6-7,14-16,22H,5,8-13H2,1H3,(H,32,33,34). The number of nitrogens with one attached hydrogen (secondary N) is 1. The highest BCUT2D eigenvalue weighted by molar-refractivity contribution is 5.62. The van der Waals surface area contributed by atoms with Crippen LogP contribution in [0.1, 0.15) is 30.0 Å². The number of likely N-dealkylation sites (N-methyl/N-ethyl adjacent to an activating group) is 1. The SMILES string of the molecule is CN1CCCN(c2c(F)cc(Nc3ncc(C(F)(F)F)c(N4OCCC4c4ccccc4)n3)cc2F)CC1. The Morgan fingerprint density at radius 2 is 1.74 bits per heavy atom. The number of hydroxylamine groups is 1. The lowest BCUT2D eigenvalue weighted by atomic mass is 10.0. The highest BCUT2D eigenvalue weighted by Gasteiger charge is 2.40. The van der Waals surface area contributed by atoms with Gasteiger partial charge in [-0.25, -0.2) is 18.8 Å². The van der Waals surface area contributed by atoms with Crippen LogP contribution in [0.3, 0.4) is 0 Å². The molecule has 7 nitrogen and oxygen atoms in total. The summed E-state index contributed by atoms with van der Waals surface area (Å²) in [6.07, 6.45) is -2.89. The summed E-state index contributed by atoms with van der Waals surface area (Å²) >= 11 is 0. The first-order valence-electron chi connectivity index (χ1n) is 12.3. The predicted molar refractivity (Wildman–Crippen MR) is 133 cm³/mol. The van der Waals surface area contributed by atoms with E-state index in [2.05, 4.69) is 20.2 Å². The normalized spacial score (nSPS) is 19.1. The van der Waals surface area contributed by atoms with Gasteiger partial charge in [0, 0.05) is 37.9 Å². The first-order chi connectivity index (χ1) is 18.2. The van der Waals surface area contributed by atoms with E-state index in [1.54, 1.807) is 29.2 Å². The number of anilines is 4. The topological polar surface area (TPSA) is 56.8 Å². The summed E-state index contributed by atoms with van der Waals surface area (Å²) in [5.41, 5.74) is -0.463. The van der Waals surface area contributed by atoms with Gasteiger partial charge in [-0.3, -0.25) is 4.84 Å². The summed E-state index contributed by atoms with van der Waals surface area (Å²) < 4.78 is 71.8. The predicted octanol–water partition coefficient (Wildman–Crippen LogP) is 5.54. The van der Waals surface area contributed by atoms with Gasteiger partial charge in [-0.05, 0) is 37.7 Å². The van der Waals surface area contributed by atoms with E-state index < -0.39 is 35.2 Å². The van der Waals surface area contributed by atoms with Crippen molar-refractivity contribution in [1.29, 1.82) is 0 Å². The minimum Gasteiger partial charge on any atom is -0.365 e. The Bertz CT molecular complexity index is 1250. The maximum absolute atomic E-state index is 15.1. The average Bonchev–Trinajstić information content (AvgIpc) is 3.27. The van der Waals surface area contributed by atoms with Crippen LogP contribution in [0.25, 0.3) is 0 Å². The van der Waals surface area contributed by atoms with Crippen molar-refractivity contribution in [2.24, 2.45) is 0 Å². The van der Waals surface area contributed by atoms with Crippen molar-refractivity contribution in [1.82, 2.24) is 14.9 Å². The van der Waals surface area contributed by atoms with E-state index in [4.69, 9.17) is 4.84 Å². The fraction of sp³-hybridized carbons (Fsp3) is 0.385. The lowest BCUT2D eigenvalue weighted by Gasteiger charge is -2.26. The number of nitrogens with zero attached hydrogens (tertiary/aromatic N) is 5. The monoisotopic (exact) mass is 534 g/mol. The maximum atomic E-state index is 15.1. The second-order valence-corrected chi connectivity index (χ2v) is 9.36. The van der Waals surface area contributed by atoms with E-state index in [1.807, 2.05) is 13.1 Å². The summed E-state index contributed by atoms with van der Waals surface area (Å²) in [5.74, 6) is -2.29. The minimum atomic E-state index is -4.75. The van der Waals surface area contributed by atoms with Gasteiger partial charge in [-0.1, -0.05) is 30.3 Å². The fourth-order valence-corrected chi connectivity index (χ4v) is 4.80. The third-order valence-electron chi connectivity index (χ3n) is 6.68. The molecule has 1 unspecified atom stereocenters. The molecule has 12 heteroatoms. The molecule has 0 amide bonds. The van der Waals surface area contributed by atoms with Crippen LogP contribution in [0.5, 0.6) is 0 Å². The summed E-state index contributed by atoms with van der Waals surface area (Å²) in [6.45, 7) is 2.69. The zero-order valence-electron chi connectivity index (χ0n) is 20.7. The number of aromatic nitrogens is 2. The van der Waals surface area contributed by atoms with Crippen LogP contribution < -0.4 is 15.3 Å². The number of hydrogen-bond acceptors (Lipinski definition) is 7. The summed E-state index contributed by atoms with van der Waals surface area (Å²) in [5, 5.41) is 3.78. The van der Waals surface area contributed by atoms with Gasteiger partial charge >= 0.3 is 6.18 Å². The fourth-order valence-electron chi connectivity index (χ4n) is 4.80. The van der Waals surface area contributed by atoms with Crippen LogP contribution in [0.15, 0.2) is 48.7 Å². The Balaban J connectivity index is 1.45. The molecule has 2 fully saturated rings. The molecule has 0 spiro atoms. The van der Waals surface area contributed by atoms with Crippen LogP contribution in [0, 0.1) is 11.6 Å². The molecule has 0 saturated carbocycles. The first-order valence-corrected chi connectivity index (χ1v) is 12.3. The maximum Gasteiger partial charge on any atom is 0.421 e. The molecule has 2 aliphatic rings. The van der Waals surface area contributed by atoms with Crippen molar-refractivity contribution in [2.45, 2.75) is 25.1 Å². The van der Waals surface area contributed by atoms with E-state index >= 15 is 8.78 Å². The molecule has 2 aliphatic heterocycles. The molecule has 3 heterocycles. The van der Waals surface area contributed by atoms with Gasteiger partial charge in [0.25, 0.3) is 0 Å². The van der Waals surface area contributed by atoms with Crippen LogP contribution in [-0.2, 0) is 11.0 Å². The molecule has 38 heavy (non-hydrogen) atoms. The summed E-state index contributed by atoms with van der Waals surface area (Å²) in [6, 6.07) is 10.7. The van der Waals surface area contributed by atoms with Crippen LogP contribution in [-0.4, -0.2) is 54.7 Å². The minimum absolute atomic E-state index is 0.0247. The highest BCUT2D eigenvalue weighted by atomic mass is 19.4. The number of rotatable bonds is 5. The molecule has 0 aliphatic carbocycles. The lowest BCUT2D eigenvalue weighted by Crippen LogP contribution is -2.30. The van der Waals surface area contributed by atoms with Gasteiger partial charge in [0.2, 0.25) is 5.95 Å². The Morgan fingerprint density at radius 3 is 2.45 bits per heavy atom. The highest BCUT2D eigenvalue weighted by Crippen LogP contribution is 2.41. The smallest absolute Gasteiger partial charge is 0.365 e. The van der Waals surface area contributed by atoms with E-state index in [0.717, 1.165) is 35.7 Å². The second kappa shape index (κ2) is 10.7. The summed E-state index contributed by atoms with van der Waals surface area (Å²) in [4.78, 5) is 17.2. The molecule has 2 aromatic carbocycles. The molecular formula is C26H27F5N6O. The molecule has 5 rings (SSSR count). The molecular weight excluding hydrogens is 507 g/mol. The Hall–Kier alpha value is -3.51. The lowest BCUT2D eigenvalue weighted by molar-refractivity contribution is -0.138. The van der Waals surface area contributed by atoms with Crippen LogP contribution in [0.2, 0.25) is 0 Å². The van der Waals surface area contributed by atoms with Crippen LogP contribution in [0.4, 0.5) is 45.1 Å². The third-order valence-corrected chi connectivity index (χ3v) is 6.68. The molecule has 3 aromatic rings. The van der Waals surface area contributed by atoms with E-state index in [1.165, 1.54) is 0 Å². The van der Waals surface area contributed by atoms with E-state index in [9.17, 15) is 13.2 Å². The quantitative estimate of drug-likeness (QED) is 0.432. The molecule has 0 bridgehead atoms. The molecule has 1 N–H and O–H groups in total. The van der Waals surface area contributed by atoms with Crippen molar-refractivity contribution in [3.63, 3.8) is 0 Å². The number of benzene rings is 2. The molecule has 202 valence electrons. The average molecular weight is 535 g/mol. The van der Waals surface area contributed by atoms with Crippen molar-refractivity contribution < 1.29 is 26.8 Å². The van der Waals surface area contributed by atoms with E-state index in [0.29, 0.717) is 32.3 Å². The Kier molecular flexibility index (Phi) is 7.35. The van der Waals surface area contributed by atoms with Gasteiger partial charge in [0.15, 0.2) is 17.5 Å². The van der Waals surface area contributed by atoms with Gasteiger partial charge < -0.3 is 15.1 Å². The van der Waals surface area contributed by atoms with Gasteiger partial charge in [-0.15, -0.1) is 0 Å². The molecule has 1 atom stereocenters. The second-order valence-electron chi connectivity index (χ2n) is 9.36. The van der Waals surface area contributed by atoms with Crippen molar-refractivity contribution in [3.8, 4) is 0 Å². The Morgan fingerprint density at radius 1 is 1.00 bits per heavy atom. The zero-order valence-corrected chi connectivity index (χ0v) is 20.7. The number of halogens is 5. The van der Waals surface area contributed by atoms with Gasteiger partial charge in [0.05, 0.1) is 12.6 Å². The van der Waals surface area contributed by atoms with Gasteiger partial charge in [-0.2, -0.15) is 18.2 Å². The Labute approximate surface area is 216 Å². The van der Waals surface area contributed by atoms with Gasteiger partial charge in [0.1, 0.15) is 11.3 Å². The largest absolute Gasteiger partial charge is 0.421 e. The third kappa shape index (κ3) is 5.51. The summed E-state index contributed by atoms with van der Waals surface area (Å²) in [7, 11) is 1.96. The first kappa shape index (κ1) is 26.1. The van der Waals surface area contributed by atoms with Crippen molar-refractivity contribution in [3.05, 3.63) is 71.4 Å². The molecule has 0 radical (unpaired) electrons. The van der Waals surface area contributed by atoms with Crippen LogP contribution >= 0.6 is 0 Å². The number of hydrogen-bond donors (Lipinski definition) is 1. The zero-order chi connectivity index (χ0) is 26.9.